The van der Waals surface area contributed by atoms with Crippen LogP contribution in [0, 0.1) is 0 Å². The summed E-state index contributed by atoms with van der Waals surface area (Å²) in [5.74, 6) is 1.50. The van der Waals surface area contributed by atoms with E-state index in [9.17, 15) is 0 Å². The average Bonchev–Trinajstić information content (AvgIpc) is 2.80. The van der Waals surface area contributed by atoms with Crippen LogP contribution < -0.4 is 5.32 Å². The quantitative estimate of drug-likeness (QED) is 0.411. The normalized spacial score (nSPS) is 14.8. The Labute approximate surface area is 171 Å². The molecule has 1 aliphatic carbocycles. The molecule has 1 heterocycles. The van der Waals surface area contributed by atoms with E-state index in [4.69, 9.17) is 4.98 Å². The van der Waals surface area contributed by atoms with Gasteiger partial charge in [0.15, 0.2) is 0 Å². The van der Waals surface area contributed by atoms with Crippen LogP contribution in [0.25, 0.3) is 22.2 Å². The van der Waals surface area contributed by atoms with Gasteiger partial charge in [0.25, 0.3) is 0 Å². The van der Waals surface area contributed by atoms with E-state index in [1.165, 1.54) is 48.8 Å². The van der Waals surface area contributed by atoms with E-state index >= 15 is 0 Å². The third-order valence-electron chi connectivity index (χ3n) is 5.91. The van der Waals surface area contributed by atoms with Crippen molar-refractivity contribution in [1.82, 2.24) is 9.97 Å². The number of nitrogens with zero attached hydrogens (tertiary/aromatic N) is 2. The topological polar surface area (TPSA) is 37.8 Å². The monoisotopic (exact) mass is 379 g/mol. The molecule has 3 heteroatoms. The lowest BCUT2D eigenvalue weighted by Gasteiger charge is -2.22. The fraction of sp³-hybridized carbons (Fsp3) is 0.231. The highest BCUT2D eigenvalue weighted by Crippen LogP contribution is 2.34. The zero-order valence-corrected chi connectivity index (χ0v) is 16.5. The van der Waals surface area contributed by atoms with Crippen molar-refractivity contribution in [2.75, 3.05) is 5.32 Å². The molecule has 3 nitrogen and oxygen atoms in total. The molecule has 4 aromatic rings. The molecule has 1 saturated carbocycles. The Kier molecular flexibility index (Phi) is 4.95. The molecule has 0 bridgehead atoms. The fourth-order valence-electron chi connectivity index (χ4n) is 4.30. The summed E-state index contributed by atoms with van der Waals surface area (Å²) in [6.45, 7) is 0. The van der Waals surface area contributed by atoms with Gasteiger partial charge in [0.1, 0.15) is 5.82 Å². The van der Waals surface area contributed by atoms with Gasteiger partial charge >= 0.3 is 0 Å². The lowest BCUT2D eigenvalue weighted by atomic mass is 9.84. The van der Waals surface area contributed by atoms with Crippen LogP contribution in [-0.4, -0.2) is 9.97 Å². The van der Waals surface area contributed by atoms with Crippen LogP contribution in [0.1, 0.15) is 43.6 Å². The van der Waals surface area contributed by atoms with Crippen LogP contribution in [0.4, 0.5) is 11.5 Å². The lowest BCUT2D eigenvalue weighted by molar-refractivity contribution is 0.443. The standard InChI is InChI=1S/C26H25N3/c1-3-7-19(8-4-1)20-11-13-21(14-12-20)22-15-16-24-25(17-22)27-18-26(29-24)28-23-9-5-2-6-10-23/h2,5-6,9-19H,1,3-4,7-8H2,(H,28,29). The van der Waals surface area contributed by atoms with E-state index in [1.807, 2.05) is 30.3 Å². The molecule has 0 unspecified atom stereocenters. The highest BCUT2D eigenvalue weighted by molar-refractivity contribution is 5.82. The van der Waals surface area contributed by atoms with Crippen molar-refractivity contribution in [2.45, 2.75) is 38.0 Å². The van der Waals surface area contributed by atoms with Crippen molar-refractivity contribution < 1.29 is 0 Å². The highest BCUT2D eigenvalue weighted by Gasteiger charge is 2.15. The van der Waals surface area contributed by atoms with Crippen molar-refractivity contribution in [3.63, 3.8) is 0 Å². The van der Waals surface area contributed by atoms with Crippen molar-refractivity contribution in [3.8, 4) is 11.1 Å². The second-order valence-electron chi connectivity index (χ2n) is 7.91. The maximum absolute atomic E-state index is 4.71. The smallest absolute Gasteiger partial charge is 0.149 e. The SMILES string of the molecule is c1ccc(Nc2cnc3cc(-c4ccc(C5CCCCC5)cc4)ccc3n2)cc1. The largest absolute Gasteiger partial charge is 0.339 e. The van der Waals surface area contributed by atoms with Crippen molar-refractivity contribution in [3.05, 3.63) is 84.6 Å². The Morgan fingerprint density at radius 2 is 1.48 bits per heavy atom. The second kappa shape index (κ2) is 8.04. The minimum atomic E-state index is 0.746. The summed E-state index contributed by atoms with van der Waals surface area (Å²) in [7, 11) is 0. The predicted octanol–water partition coefficient (Wildman–Crippen LogP) is 7.09. The van der Waals surface area contributed by atoms with Gasteiger partial charge in [0.2, 0.25) is 0 Å². The van der Waals surface area contributed by atoms with Crippen molar-refractivity contribution in [1.29, 1.82) is 0 Å². The molecule has 0 amide bonds. The Balaban J connectivity index is 1.37. The maximum atomic E-state index is 4.71. The number of benzene rings is 3. The van der Waals surface area contributed by atoms with E-state index in [0.717, 1.165) is 28.5 Å². The Bertz CT molecular complexity index is 1100. The van der Waals surface area contributed by atoms with Crippen LogP contribution >= 0.6 is 0 Å². The molecule has 1 aliphatic rings. The van der Waals surface area contributed by atoms with Gasteiger partial charge in [0.05, 0.1) is 17.2 Å². The fourth-order valence-corrected chi connectivity index (χ4v) is 4.30. The molecule has 1 fully saturated rings. The van der Waals surface area contributed by atoms with Gasteiger partial charge in [-0.1, -0.05) is 67.8 Å². The van der Waals surface area contributed by atoms with Gasteiger partial charge in [-0.3, -0.25) is 4.98 Å². The number of hydrogen-bond donors (Lipinski definition) is 1. The molecule has 5 rings (SSSR count). The number of hydrogen-bond acceptors (Lipinski definition) is 3. The highest BCUT2D eigenvalue weighted by atomic mass is 15.0. The van der Waals surface area contributed by atoms with Crippen LogP contribution in [-0.2, 0) is 0 Å². The second-order valence-corrected chi connectivity index (χ2v) is 7.91. The molecular formula is C26H25N3. The number of aromatic nitrogens is 2. The molecule has 0 spiro atoms. The van der Waals surface area contributed by atoms with Crippen LogP contribution in [0.15, 0.2) is 79.0 Å². The first-order chi connectivity index (χ1) is 14.3. The number of anilines is 2. The number of nitrogens with one attached hydrogen (secondary N) is 1. The van der Waals surface area contributed by atoms with Crippen LogP contribution in [0.5, 0.6) is 0 Å². The number of rotatable bonds is 4. The lowest BCUT2D eigenvalue weighted by Crippen LogP contribution is -2.04. The molecule has 144 valence electrons. The van der Waals surface area contributed by atoms with Gasteiger partial charge < -0.3 is 5.32 Å². The Morgan fingerprint density at radius 1 is 0.724 bits per heavy atom. The van der Waals surface area contributed by atoms with Crippen LogP contribution in [0.2, 0.25) is 0 Å². The van der Waals surface area contributed by atoms with E-state index in [1.54, 1.807) is 6.20 Å². The molecule has 0 saturated heterocycles. The summed E-state index contributed by atoms with van der Waals surface area (Å²) < 4.78 is 0. The Morgan fingerprint density at radius 3 is 2.28 bits per heavy atom. The van der Waals surface area contributed by atoms with Gasteiger partial charge in [-0.15, -0.1) is 0 Å². The maximum Gasteiger partial charge on any atom is 0.149 e. The zero-order chi connectivity index (χ0) is 19.5. The molecule has 3 aromatic carbocycles. The number of para-hydroxylation sites is 1. The minimum absolute atomic E-state index is 0.746. The summed E-state index contributed by atoms with van der Waals surface area (Å²) in [5.41, 5.74) is 6.73. The summed E-state index contributed by atoms with van der Waals surface area (Å²) in [6.07, 6.45) is 8.61. The average molecular weight is 380 g/mol. The predicted molar refractivity (Wildman–Crippen MR) is 121 cm³/mol. The molecule has 29 heavy (non-hydrogen) atoms. The van der Waals surface area contributed by atoms with E-state index in [-0.39, 0.29) is 0 Å². The number of fused-ring (bicyclic) bond motifs is 1. The molecule has 0 atom stereocenters. The summed E-state index contributed by atoms with van der Waals surface area (Å²) in [6, 6.07) is 25.5. The van der Waals surface area contributed by atoms with Crippen molar-refractivity contribution >= 4 is 22.5 Å². The van der Waals surface area contributed by atoms with E-state index in [0.29, 0.717) is 0 Å². The van der Waals surface area contributed by atoms with Crippen LogP contribution in [0.3, 0.4) is 0 Å². The molecule has 0 aliphatic heterocycles. The van der Waals surface area contributed by atoms with Crippen molar-refractivity contribution in [2.24, 2.45) is 0 Å². The Hall–Kier alpha value is -3.20. The third-order valence-corrected chi connectivity index (χ3v) is 5.91. The summed E-state index contributed by atoms with van der Waals surface area (Å²) in [4.78, 5) is 9.34. The summed E-state index contributed by atoms with van der Waals surface area (Å²) in [5, 5.41) is 3.31. The molecule has 1 aromatic heterocycles. The summed E-state index contributed by atoms with van der Waals surface area (Å²) >= 11 is 0. The van der Waals surface area contributed by atoms with Gasteiger partial charge in [-0.25, -0.2) is 4.98 Å². The molecular weight excluding hydrogens is 354 g/mol. The minimum Gasteiger partial charge on any atom is -0.339 e. The third kappa shape index (κ3) is 4.00. The van der Waals surface area contributed by atoms with Gasteiger partial charge in [0, 0.05) is 5.69 Å². The van der Waals surface area contributed by atoms with Gasteiger partial charge in [-0.05, 0) is 59.7 Å². The first-order valence-corrected chi connectivity index (χ1v) is 10.5. The van der Waals surface area contributed by atoms with E-state index < -0.39 is 0 Å². The molecule has 1 N–H and O–H groups in total. The van der Waals surface area contributed by atoms with Gasteiger partial charge in [-0.2, -0.15) is 0 Å². The first-order valence-electron chi connectivity index (χ1n) is 10.5. The zero-order valence-electron chi connectivity index (χ0n) is 16.5. The molecule has 0 radical (unpaired) electrons. The van der Waals surface area contributed by atoms with E-state index in [2.05, 4.69) is 52.8 Å². The first kappa shape index (κ1) is 17.9.